The highest BCUT2D eigenvalue weighted by Crippen LogP contribution is 2.20. The molecule has 0 bridgehead atoms. The van der Waals surface area contributed by atoms with E-state index in [9.17, 15) is 17.6 Å². The molecule has 0 spiro atoms. The Morgan fingerprint density at radius 2 is 1.88 bits per heavy atom. The number of carbonyl (C=O) groups is 1. The second-order valence-electron chi connectivity index (χ2n) is 5.37. The summed E-state index contributed by atoms with van der Waals surface area (Å²) in [6, 6.07) is 10.5. The van der Waals surface area contributed by atoms with Crippen LogP contribution in [0.1, 0.15) is 15.2 Å². The third kappa shape index (κ3) is 4.24. The number of carbonyl (C=O) groups excluding carboxylic acids is 1. The van der Waals surface area contributed by atoms with Crippen LogP contribution >= 0.6 is 11.3 Å². The lowest BCUT2D eigenvalue weighted by Gasteiger charge is -2.09. The van der Waals surface area contributed by atoms with Crippen LogP contribution in [-0.4, -0.2) is 19.3 Å². The van der Waals surface area contributed by atoms with Crippen molar-refractivity contribution in [3.05, 3.63) is 71.0 Å². The summed E-state index contributed by atoms with van der Waals surface area (Å²) in [7, 11) is -3.92. The summed E-state index contributed by atoms with van der Waals surface area (Å²) in [6.45, 7) is 1.86. The average Bonchev–Trinajstić information content (AvgIpc) is 3.02. The topological polar surface area (TPSA) is 88.2 Å². The summed E-state index contributed by atoms with van der Waals surface area (Å²) in [5, 5.41) is 3.06. The first-order chi connectivity index (χ1) is 12.3. The molecule has 0 saturated carbocycles. The quantitative estimate of drug-likeness (QED) is 0.695. The lowest BCUT2D eigenvalue weighted by atomic mass is 10.2. The molecule has 1 heterocycles. The van der Waals surface area contributed by atoms with Crippen molar-refractivity contribution in [3.63, 3.8) is 0 Å². The number of nitrogens with one attached hydrogen (secondary N) is 2. The second-order valence-corrected chi connectivity index (χ2v) is 8.29. The van der Waals surface area contributed by atoms with E-state index in [1.54, 1.807) is 6.20 Å². The molecule has 0 saturated heterocycles. The van der Waals surface area contributed by atoms with E-state index in [0.29, 0.717) is 5.13 Å². The Labute approximate surface area is 153 Å². The maximum Gasteiger partial charge on any atom is 0.261 e. The number of halogens is 1. The number of aryl methyl sites for hydroxylation is 1. The lowest BCUT2D eigenvalue weighted by molar-refractivity contribution is 0.102. The van der Waals surface area contributed by atoms with E-state index in [1.807, 2.05) is 6.92 Å². The third-order valence-corrected chi connectivity index (χ3v) is 5.55. The zero-order valence-corrected chi connectivity index (χ0v) is 15.2. The van der Waals surface area contributed by atoms with Crippen molar-refractivity contribution in [2.45, 2.75) is 11.8 Å². The summed E-state index contributed by atoms with van der Waals surface area (Å²) in [4.78, 5) is 17.2. The SMILES string of the molecule is Cc1cnc(NC(=O)c2cccc(S(=O)(=O)Nc3ccc(F)cc3)c2)s1. The molecule has 3 rings (SSSR count). The van der Waals surface area contributed by atoms with E-state index >= 15 is 0 Å². The molecule has 26 heavy (non-hydrogen) atoms. The van der Waals surface area contributed by atoms with Crippen molar-refractivity contribution < 1.29 is 17.6 Å². The van der Waals surface area contributed by atoms with Crippen LogP contribution in [0.15, 0.2) is 59.6 Å². The van der Waals surface area contributed by atoms with Gasteiger partial charge in [-0.2, -0.15) is 0 Å². The normalized spacial score (nSPS) is 11.2. The van der Waals surface area contributed by atoms with Gasteiger partial charge in [-0.3, -0.25) is 14.8 Å². The van der Waals surface area contributed by atoms with E-state index in [-0.39, 0.29) is 16.1 Å². The summed E-state index contributed by atoms with van der Waals surface area (Å²) in [5.41, 5.74) is 0.402. The molecule has 0 radical (unpaired) electrons. The average molecular weight is 391 g/mol. The first-order valence-electron chi connectivity index (χ1n) is 7.46. The molecule has 134 valence electrons. The predicted octanol–water partition coefficient (Wildman–Crippen LogP) is 3.64. The van der Waals surface area contributed by atoms with Crippen molar-refractivity contribution >= 4 is 38.1 Å². The summed E-state index contributed by atoms with van der Waals surface area (Å²) in [6.07, 6.45) is 1.63. The van der Waals surface area contributed by atoms with E-state index < -0.39 is 21.7 Å². The van der Waals surface area contributed by atoms with Crippen LogP contribution in [0.3, 0.4) is 0 Å². The van der Waals surface area contributed by atoms with Gasteiger partial charge in [-0.1, -0.05) is 6.07 Å². The smallest absolute Gasteiger partial charge is 0.261 e. The Balaban J connectivity index is 1.81. The van der Waals surface area contributed by atoms with Gasteiger partial charge in [0.25, 0.3) is 15.9 Å². The van der Waals surface area contributed by atoms with Gasteiger partial charge in [0.1, 0.15) is 5.82 Å². The largest absolute Gasteiger partial charge is 0.298 e. The number of hydrogen-bond donors (Lipinski definition) is 2. The summed E-state index contributed by atoms with van der Waals surface area (Å²) >= 11 is 1.32. The number of sulfonamides is 1. The van der Waals surface area contributed by atoms with Crippen LogP contribution in [0.4, 0.5) is 15.2 Å². The van der Waals surface area contributed by atoms with Gasteiger partial charge < -0.3 is 0 Å². The van der Waals surface area contributed by atoms with Crippen LogP contribution in [-0.2, 0) is 10.0 Å². The molecule has 0 unspecified atom stereocenters. The summed E-state index contributed by atoms with van der Waals surface area (Å²) < 4.78 is 40.2. The highest BCUT2D eigenvalue weighted by molar-refractivity contribution is 7.92. The number of amides is 1. The fourth-order valence-electron chi connectivity index (χ4n) is 2.12. The number of thiazole rings is 1. The maximum atomic E-state index is 12.9. The first-order valence-corrected chi connectivity index (χ1v) is 9.76. The third-order valence-electron chi connectivity index (χ3n) is 3.34. The van der Waals surface area contributed by atoms with E-state index in [0.717, 1.165) is 17.0 Å². The predicted molar refractivity (Wildman–Crippen MR) is 98.5 cm³/mol. The van der Waals surface area contributed by atoms with E-state index in [2.05, 4.69) is 15.0 Å². The van der Waals surface area contributed by atoms with Crippen LogP contribution in [0.5, 0.6) is 0 Å². The molecule has 6 nitrogen and oxygen atoms in total. The van der Waals surface area contributed by atoms with Gasteiger partial charge in [0.15, 0.2) is 5.13 Å². The molecule has 2 aromatic carbocycles. The van der Waals surface area contributed by atoms with E-state index in [4.69, 9.17) is 0 Å². The number of rotatable bonds is 5. The molecule has 0 aliphatic carbocycles. The van der Waals surface area contributed by atoms with Gasteiger partial charge >= 0.3 is 0 Å². The molecule has 1 aromatic heterocycles. The zero-order chi connectivity index (χ0) is 18.7. The molecule has 0 atom stereocenters. The number of nitrogens with zero attached hydrogens (tertiary/aromatic N) is 1. The van der Waals surface area contributed by atoms with Crippen LogP contribution in [0.2, 0.25) is 0 Å². The fourth-order valence-corrected chi connectivity index (χ4v) is 3.88. The van der Waals surface area contributed by atoms with Crippen molar-refractivity contribution in [2.75, 3.05) is 10.0 Å². The number of aromatic nitrogens is 1. The fraction of sp³-hybridized carbons (Fsp3) is 0.0588. The zero-order valence-electron chi connectivity index (χ0n) is 13.6. The number of anilines is 2. The van der Waals surface area contributed by atoms with Gasteiger partial charge in [0.2, 0.25) is 0 Å². The Bertz CT molecular complexity index is 1050. The van der Waals surface area contributed by atoms with E-state index in [1.165, 1.54) is 47.7 Å². The number of benzene rings is 2. The second kappa shape index (κ2) is 7.22. The standard InChI is InChI=1S/C17H14FN3O3S2/c1-11-10-19-17(25-11)20-16(22)12-3-2-4-15(9-12)26(23,24)21-14-7-5-13(18)6-8-14/h2-10,21H,1H3,(H,19,20,22). The molecule has 2 N–H and O–H groups in total. The minimum absolute atomic E-state index is 0.0789. The monoisotopic (exact) mass is 391 g/mol. The van der Waals surface area contributed by atoms with Gasteiger partial charge in [-0.05, 0) is 49.4 Å². The van der Waals surface area contributed by atoms with Gasteiger partial charge in [0, 0.05) is 22.3 Å². The van der Waals surface area contributed by atoms with Crippen molar-refractivity contribution in [3.8, 4) is 0 Å². The van der Waals surface area contributed by atoms with Crippen LogP contribution in [0, 0.1) is 12.7 Å². The molecule has 0 aliphatic heterocycles. The molecular weight excluding hydrogens is 377 g/mol. The molecule has 0 fully saturated rings. The van der Waals surface area contributed by atoms with Gasteiger partial charge in [-0.15, -0.1) is 11.3 Å². The first kappa shape index (κ1) is 18.0. The molecule has 1 amide bonds. The molecule has 0 aliphatic rings. The Morgan fingerprint density at radius 3 is 2.54 bits per heavy atom. The minimum Gasteiger partial charge on any atom is -0.298 e. The maximum absolute atomic E-state index is 12.9. The summed E-state index contributed by atoms with van der Waals surface area (Å²) in [5.74, 6) is -0.928. The Morgan fingerprint density at radius 1 is 1.15 bits per heavy atom. The highest BCUT2D eigenvalue weighted by atomic mass is 32.2. The molecule has 9 heteroatoms. The Kier molecular flexibility index (Phi) is 5.01. The Hall–Kier alpha value is -2.78. The molecule has 3 aromatic rings. The van der Waals surface area contributed by atoms with Crippen molar-refractivity contribution in [1.29, 1.82) is 0 Å². The van der Waals surface area contributed by atoms with Gasteiger partial charge in [-0.25, -0.2) is 17.8 Å². The minimum atomic E-state index is -3.92. The van der Waals surface area contributed by atoms with Gasteiger partial charge in [0.05, 0.1) is 4.90 Å². The van der Waals surface area contributed by atoms with Crippen molar-refractivity contribution in [2.24, 2.45) is 0 Å². The van der Waals surface area contributed by atoms with Crippen LogP contribution < -0.4 is 10.0 Å². The van der Waals surface area contributed by atoms with Crippen LogP contribution in [0.25, 0.3) is 0 Å². The number of hydrogen-bond acceptors (Lipinski definition) is 5. The van der Waals surface area contributed by atoms with Crippen molar-refractivity contribution in [1.82, 2.24) is 4.98 Å². The highest BCUT2D eigenvalue weighted by Gasteiger charge is 2.17. The molecular formula is C17H14FN3O3S2. The lowest BCUT2D eigenvalue weighted by Crippen LogP contribution is -2.15.